The van der Waals surface area contributed by atoms with Crippen LogP contribution in [0.25, 0.3) is 5.69 Å². The fourth-order valence-corrected chi connectivity index (χ4v) is 3.07. The van der Waals surface area contributed by atoms with Gasteiger partial charge in [0, 0.05) is 28.8 Å². The van der Waals surface area contributed by atoms with Gasteiger partial charge in [0.2, 0.25) is 5.91 Å². The monoisotopic (exact) mass is 386 g/mol. The Kier molecular flexibility index (Phi) is 5.93. The molecule has 0 spiro atoms. The number of benzene rings is 2. The number of imidazole rings is 1. The van der Waals surface area contributed by atoms with Crippen LogP contribution in [-0.4, -0.2) is 27.2 Å². The van der Waals surface area contributed by atoms with Crippen molar-refractivity contribution in [2.75, 3.05) is 11.1 Å². The third-order valence-corrected chi connectivity index (χ3v) is 4.55. The Morgan fingerprint density at radius 1 is 1.08 bits per heavy atom. The van der Waals surface area contributed by atoms with Gasteiger partial charge >= 0.3 is 6.03 Å². The van der Waals surface area contributed by atoms with Gasteiger partial charge in [-0.1, -0.05) is 41.6 Å². The highest BCUT2D eigenvalue weighted by Gasteiger charge is 2.11. The Labute approximate surface area is 159 Å². The van der Waals surface area contributed by atoms with Crippen LogP contribution < -0.4 is 10.6 Å². The van der Waals surface area contributed by atoms with Crippen LogP contribution >= 0.6 is 23.4 Å². The molecular weight excluding hydrogens is 372 g/mol. The van der Waals surface area contributed by atoms with Crippen molar-refractivity contribution >= 4 is 41.0 Å². The summed E-state index contributed by atoms with van der Waals surface area (Å²) in [5.74, 6) is -0.346. The molecule has 1 heterocycles. The van der Waals surface area contributed by atoms with E-state index in [9.17, 15) is 9.59 Å². The zero-order chi connectivity index (χ0) is 18.4. The predicted octanol–water partition coefficient (Wildman–Crippen LogP) is 3.97. The molecule has 0 saturated heterocycles. The van der Waals surface area contributed by atoms with Gasteiger partial charge in [-0.15, -0.1) is 0 Å². The summed E-state index contributed by atoms with van der Waals surface area (Å²) in [6.07, 6.45) is 3.45. The van der Waals surface area contributed by atoms with Crippen LogP contribution in [0.2, 0.25) is 5.02 Å². The summed E-state index contributed by atoms with van der Waals surface area (Å²) in [5.41, 5.74) is 1.50. The highest BCUT2D eigenvalue weighted by molar-refractivity contribution is 7.99. The number of carbonyl (C=O) groups is 2. The Morgan fingerprint density at radius 3 is 2.54 bits per heavy atom. The number of hydrogen-bond acceptors (Lipinski definition) is 4. The zero-order valence-corrected chi connectivity index (χ0v) is 15.1. The van der Waals surface area contributed by atoms with E-state index < -0.39 is 11.9 Å². The van der Waals surface area contributed by atoms with Gasteiger partial charge in [0.05, 0.1) is 5.75 Å². The number of aromatic nitrogens is 2. The van der Waals surface area contributed by atoms with E-state index in [0.717, 1.165) is 5.69 Å². The maximum atomic E-state index is 12.0. The molecule has 0 fully saturated rings. The van der Waals surface area contributed by atoms with Crippen molar-refractivity contribution < 1.29 is 9.59 Å². The number of nitrogens with zero attached hydrogens (tertiary/aromatic N) is 2. The second-order valence-corrected chi connectivity index (χ2v) is 6.59. The average Bonchev–Trinajstić information content (AvgIpc) is 3.10. The number of thioether (sulfide) groups is 1. The predicted molar refractivity (Wildman–Crippen MR) is 103 cm³/mol. The summed E-state index contributed by atoms with van der Waals surface area (Å²) < 4.78 is 1.85. The molecule has 0 aliphatic rings. The number of halogens is 1. The lowest BCUT2D eigenvalue weighted by atomic mass is 10.3. The number of hydrogen-bond donors (Lipinski definition) is 2. The number of nitrogens with one attached hydrogen (secondary N) is 2. The van der Waals surface area contributed by atoms with Crippen LogP contribution in [0.3, 0.4) is 0 Å². The van der Waals surface area contributed by atoms with Crippen LogP contribution in [0, 0.1) is 0 Å². The van der Waals surface area contributed by atoms with Crippen LogP contribution in [0.1, 0.15) is 0 Å². The van der Waals surface area contributed by atoms with E-state index >= 15 is 0 Å². The van der Waals surface area contributed by atoms with E-state index in [0.29, 0.717) is 15.9 Å². The van der Waals surface area contributed by atoms with Crippen LogP contribution in [-0.2, 0) is 4.79 Å². The third-order valence-electron chi connectivity index (χ3n) is 3.33. The lowest BCUT2D eigenvalue weighted by molar-refractivity contribution is -0.117. The number of amides is 3. The molecule has 0 atom stereocenters. The lowest BCUT2D eigenvalue weighted by Gasteiger charge is -2.08. The minimum absolute atomic E-state index is 0.0623. The van der Waals surface area contributed by atoms with Crippen molar-refractivity contribution in [3.63, 3.8) is 0 Å². The summed E-state index contributed by atoms with van der Waals surface area (Å²) in [5, 5.41) is 6.18. The summed E-state index contributed by atoms with van der Waals surface area (Å²) >= 11 is 7.14. The van der Waals surface area contributed by atoms with Crippen molar-refractivity contribution in [1.29, 1.82) is 0 Å². The fraction of sp³-hybridized carbons (Fsp3) is 0.0556. The van der Waals surface area contributed by atoms with Crippen molar-refractivity contribution in [3.8, 4) is 5.69 Å². The average molecular weight is 387 g/mol. The van der Waals surface area contributed by atoms with Crippen LogP contribution in [0.4, 0.5) is 10.5 Å². The van der Waals surface area contributed by atoms with Crippen molar-refractivity contribution in [2.24, 2.45) is 0 Å². The Morgan fingerprint density at radius 2 is 1.81 bits per heavy atom. The highest BCUT2D eigenvalue weighted by atomic mass is 35.5. The lowest BCUT2D eigenvalue weighted by Crippen LogP contribution is -2.35. The molecule has 3 aromatic rings. The maximum Gasteiger partial charge on any atom is 0.325 e. The highest BCUT2D eigenvalue weighted by Crippen LogP contribution is 2.21. The number of rotatable bonds is 5. The standard InChI is InChI=1S/C18H15ClN4O2S/c19-13-6-8-15(9-7-13)23-11-10-20-18(23)26-12-16(24)22-17(25)21-14-4-2-1-3-5-14/h1-11H,12H2,(H2,21,22,24,25). The molecule has 8 heteroatoms. The molecule has 3 amide bonds. The number of imide groups is 1. The molecule has 26 heavy (non-hydrogen) atoms. The van der Waals surface area contributed by atoms with E-state index in [-0.39, 0.29) is 5.75 Å². The van der Waals surface area contributed by atoms with Gasteiger partial charge in [0.1, 0.15) is 0 Å². The van der Waals surface area contributed by atoms with Gasteiger partial charge < -0.3 is 5.32 Å². The van der Waals surface area contributed by atoms with Crippen molar-refractivity contribution in [3.05, 3.63) is 72.0 Å². The Hall–Kier alpha value is -2.77. The first kappa shape index (κ1) is 18.0. The first-order chi connectivity index (χ1) is 12.6. The summed E-state index contributed by atoms with van der Waals surface area (Å²) in [6.45, 7) is 0. The van der Waals surface area contributed by atoms with E-state index in [1.54, 1.807) is 48.8 Å². The summed E-state index contributed by atoms with van der Waals surface area (Å²) in [7, 11) is 0. The number of anilines is 1. The normalized spacial score (nSPS) is 10.3. The first-order valence-corrected chi connectivity index (χ1v) is 9.06. The van der Waals surface area contributed by atoms with Gasteiger partial charge in [0.25, 0.3) is 0 Å². The largest absolute Gasteiger partial charge is 0.325 e. The van der Waals surface area contributed by atoms with Gasteiger partial charge in [0.15, 0.2) is 5.16 Å². The molecule has 0 saturated carbocycles. The molecule has 2 N–H and O–H groups in total. The molecule has 0 unspecified atom stereocenters. The molecule has 2 aromatic carbocycles. The van der Waals surface area contributed by atoms with Crippen molar-refractivity contribution in [1.82, 2.24) is 14.9 Å². The second-order valence-electron chi connectivity index (χ2n) is 5.21. The quantitative estimate of drug-likeness (QED) is 0.650. The molecule has 0 aliphatic heterocycles. The second kappa shape index (κ2) is 8.55. The minimum atomic E-state index is -0.567. The third kappa shape index (κ3) is 4.87. The van der Waals surface area contributed by atoms with Crippen LogP contribution in [0.5, 0.6) is 0 Å². The summed E-state index contributed by atoms with van der Waals surface area (Å²) in [6, 6.07) is 15.6. The van der Waals surface area contributed by atoms with Gasteiger partial charge in [-0.3, -0.25) is 14.7 Å². The first-order valence-electron chi connectivity index (χ1n) is 7.70. The molecular formula is C18H15ClN4O2S. The van der Waals surface area contributed by atoms with Gasteiger partial charge in [-0.25, -0.2) is 9.78 Å². The molecule has 0 bridgehead atoms. The van der Waals surface area contributed by atoms with Gasteiger partial charge in [-0.05, 0) is 36.4 Å². The minimum Gasteiger partial charge on any atom is -0.308 e. The molecule has 6 nitrogen and oxygen atoms in total. The smallest absolute Gasteiger partial charge is 0.308 e. The topological polar surface area (TPSA) is 76.0 Å². The van der Waals surface area contributed by atoms with E-state index in [4.69, 9.17) is 11.6 Å². The molecule has 3 rings (SSSR count). The Bertz CT molecular complexity index is 897. The molecule has 132 valence electrons. The number of urea groups is 1. The van der Waals surface area contributed by atoms with Crippen LogP contribution in [0.15, 0.2) is 72.1 Å². The van der Waals surface area contributed by atoms with Crippen molar-refractivity contribution in [2.45, 2.75) is 5.16 Å². The number of para-hydroxylation sites is 1. The van der Waals surface area contributed by atoms with E-state index in [1.165, 1.54) is 11.8 Å². The summed E-state index contributed by atoms with van der Waals surface area (Å²) in [4.78, 5) is 28.0. The zero-order valence-electron chi connectivity index (χ0n) is 13.6. The van der Waals surface area contributed by atoms with E-state index in [2.05, 4.69) is 15.6 Å². The van der Waals surface area contributed by atoms with Gasteiger partial charge in [-0.2, -0.15) is 0 Å². The molecule has 1 aromatic heterocycles. The fourth-order valence-electron chi connectivity index (χ4n) is 2.17. The number of carbonyl (C=O) groups excluding carboxylic acids is 2. The van der Waals surface area contributed by atoms with E-state index in [1.807, 2.05) is 22.8 Å². The Balaban J connectivity index is 1.54. The molecule has 0 aliphatic carbocycles. The maximum absolute atomic E-state index is 12.0. The molecule has 0 radical (unpaired) electrons. The SMILES string of the molecule is O=C(CSc1nccn1-c1ccc(Cl)cc1)NC(=O)Nc1ccccc1.